The standard InChI is InChI=1S/C15H18ClFO2/c1-15(2,17)14-10(4-3-5-12(14)16)11(8-13(18)19)9-6-7-9/h3-5,9,11H,6-8H2,1-2H3,(H,18,19). The van der Waals surface area contributed by atoms with E-state index in [1.54, 1.807) is 12.1 Å². The van der Waals surface area contributed by atoms with Crippen LogP contribution >= 0.6 is 11.6 Å². The van der Waals surface area contributed by atoms with Crippen LogP contribution < -0.4 is 0 Å². The van der Waals surface area contributed by atoms with Crippen molar-refractivity contribution in [1.29, 1.82) is 0 Å². The number of carbonyl (C=O) groups is 1. The van der Waals surface area contributed by atoms with Crippen molar-refractivity contribution in [3.8, 4) is 0 Å². The van der Waals surface area contributed by atoms with Crippen LogP contribution in [0.15, 0.2) is 18.2 Å². The number of benzene rings is 1. The summed E-state index contributed by atoms with van der Waals surface area (Å²) in [4.78, 5) is 11.0. The van der Waals surface area contributed by atoms with Gasteiger partial charge in [0.15, 0.2) is 0 Å². The summed E-state index contributed by atoms with van der Waals surface area (Å²) in [5.74, 6) is -0.642. The van der Waals surface area contributed by atoms with E-state index < -0.39 is 11.6 Å². The fraction of sp³-hybridized carbons (Fsp3) is 0.533. The molecule has 2 rings (SSSR count). The first-order chi connectivity index (χ1) is 8.80. The lowest BCUT2D eigenvalue weighted by Gasteiger charge is -2.25. The van der Waals surface area contributed by atoms with Gasteiger partial charge in [-0.2, -0.15) is 0 Å². The number of alkyl halides is 1. The van der Waals surface area contributed by atoms with E-state index in [-0.39, 0.29) is 12.3 Å². The highest BCUT2D eigenvalue weighted by Crippen LogP contribution is 2.48. The first-order valence-electron chi connectivity index (χ1n) is 6.50. The van der Waals surface area contributed by atoms with E-state index in [0.29, 0.717) is 16.5 Å². The summed E-state index contributed by atoms with van der Waals surface area (Å²) in [6.07, 6.45) is 2.06. The van der Waals surface area contributed by atoms with Crippen molar-refractivity contribution in [3.05, 3.63) is 34.3 Å². The lowest BCUT2D eigenvalue weighted by molar-refractivity contribution is -0.137. The van der Waals surface area contributed by atoms with E-state index in [9.17, 15) is 9.18 Å². The van der Waals surface area contributed by atoms with E-state index in [0.717, 1.165) is 18.4 Å². The minimum absolute atomic E-state index is 0.0358. The smallest absolute Gasteiger partial charge is 0.303 e. The van der Waals surface area contributed by atoms with Crippen LogP contribution in [0.1, 0.15) is 50.2 Å². The van der Waals surface area contributed by atoms with Crippen LogP contribution in [0.2, 0.25) is 5.02 Å². The summed E-state index contributed by atoms with van der Waals surface area (Å²) in [5.41, 5.74) is -0.376. The summed E-state index contributed by atoms with van der Waals surface area (Å²) in [6, 6.07) is 5.24. The molecule has 1 aromatic carbocycles. The first kappa shape index (κ1) is 14.3. The summed E-state index contributed by atoms with van der Waals surface area (Å²) >= 11 is 6.13. The molecule has 0 spiro atoms. The molecule has 1 atom stereocenters. The van der Waals surface area contributed by atoms with Gasteiger partial charge in [-0.25, -0.2) is 4.39 Å². The van der Waals surface area contributed by atoms with Crippen molar-refractivity contribution in [2.24, 2.45) is 5.92 Å². The van der Waals surface area contributed by atoms with Gasteiger partial charge in [0, 0.05) is 10.6 Å². The highest BCUT2D eigenvalue weighted by molar-refractivity contribution is 6.31. The minimum Gasteiger partial charge on any atom is -0.481 e. The van der Waals surface area contributed by atoms with E-state index >= 15 is 0 Å². The lowest BCUT2D eigenvalue weighted by atomic mass is 9.83. The van der Waals surface area contributed by atoms with Crippen molar-refractivity contribution in [2.45, 2.75) is 44.7 Å². The molecule has 19 heavy (non-hydrogen) atoms. The van der Waals surface area contributed by atoms with Crippen molar-refractivity contribution in [2.75, 3.05) is 0 Å². The Labute approximate surface area is 117 Å². The van der Waals surface area contributed by atoms with Crippen LogP contribution in [0.25, 0.3) is 0 Å². The zero-order valence-electron chi connectivity index (χ0n) is 11.1. The Hall–Kier alpha value is -1.09. The molecule has 0 aromatic heterocycles. The quantitative estimate of drug-likeness (QED) is 0.863. The number of hydrogen-bond donors (Lipinski definition) is 1. The van der Waals surface area contributed by atoms with E-state index in [1.807, 2.05) is 6.07 Å². The molecule has 1 aliphatic carbocycles. The van der Waals surface area contributed by atoms with Gasteiger partial charge in [-0.15, -0.1) is 0 Å². The Balaban J connectivity index is 2.47. The van der Waals surface area contributed by atoms with Gasteiger partial charge in [-0.3, -0.25) is 4.79 Å². The maximum Gasteiger partial charge on any atom is 0.303 e. The van der Waals surface area contributed by atoms with Gasteiger partial charge in [-0.1, -0.05) is 23.7 Å². The Morgan fingerprint density at radius 1 is 1.53 bits per heavy atom. The van der Waals surface area contributed by atoms with E-state index in [4.69, 9.17) is 16.7 Å². The van der Waals surface area contributed by atoms with Crippen LogP contribution in [-0.2, 0) is 10.5 Å². The average Bonchev–Trinajstić information content (AvgIpc) is 3.07. The highest BCUT2D eigenvalue weighted by atomic mass is 35.5. The third kappa shape index (κ3) is 3.27. The Bertz CT molecular complexity index is 489. The predicted octanol–water partition coefficient (Wildman–Crippen LogP) is 4.51. The zero-order chi connectivity index (χ0) is 14.2. The molecule has 0 radical (unpaired) electrons. The van der Waals surface area contributed by atoms with Crippen LogP contribution in [0.4, 0.5) is 4.39 Å². The van der Waals surface area contributed by atoms with Gasteiger partial charge in [0.2, 0.25) is 0 Å². The molecular weight excluding hydrogens is 267 g/mol. The molecule has 0 heterocycles. The molecule has 1 unspecified atom stereocenters. The van der Waals surface area contributed by atoms with Crippen molar-refractivity contribution in [3.63, 3.8) is 0 Å². The van der Waals surface area contributed by atoms with Crippen molar-refractivity contribution < 1.29 is 14.3 Å². The van der Waals surface area contributed by atoms with Crippen LogP contribution in [0.3, 0.4) is 0 Å². The first-order valence-corrected chi connectivity index (χ1v) is 6.88. The molecule has 1 N–H and O–H groups in total. The van der Waals surface area contributed by atoms with Gasteiger partial charge in [0.1, 0.15) is 5.67 Å². The van der Waals surface area contributed by atoms with Gasteiger partial charge < -0.3 is 5.11 Å². The fourth-order valence-corrected chi connectivity index (χ4v) is 3.10. The van der Waals surface area contributed by atoms with Crippen LogP contribution in [-0.4, -0.2) is 11.1 Å². The number of hydrogen-bond acceptors (Lipinski definition) is 1. The molecule has 0 aliphatic heterocycles. The van der Waals surface area contributed by atoms with E-state index in [1.165, 1.54) is 13.8 Å². The SMILES string of the molecule is CC(C)(F)c1c(Cl)cccc1C(CC(=O)O)C1CC1. The predicted molar refractivity (Wildman–Crippen MR) is 73.3 cm³/mol. The average molecular weight is 285 g/mol. The summed E-state index contributed by atoms with van der Waals surface area (Å²) in [7, 11) is 0. The second kappa shape index (κ2) is 5.12. The van der Waals surface area contributed by atoms with Crippen LogP contribution in [0, 0.1) is 5.92 Å². The zero-order valence-corrected chi connectivity index (χ0v) is 11.9. The normalized spacial score (nSPS) is 17.3. The van der Waals surface area contributed by atoms with Gasteiger partial charge in [-0.05, 0) is 50.2 Å². The van der Waals surface area contributed by atoms with E-state index in [2.05, 4.69) is 0 Å². The highest BCUT2D eigenvalue weighted by Gasteiger charge is 2.37. The Morgan fingerprint density at radius 2 is 2.16 bits per heavy atom. The molecule has 2 nitrogen and oxygen atoms in total. The fourth-order valence-electron chi connectivity index (χ4n) is 2.69. The number of carboxylic acid groups (broad SMARTS) is 1. The third-order valence-electron chi connectivity index (χ3n) is 3.63. The number of carboxylic acids is 1. The minimum atomic E-state index is -1.57. The maximum absolute atomic E-state index is 14.4. The largest absolute Gasteiger partial charge is 0.481 e. The van der Waals surface area contributed by atoms with Crippen molar-refractivity contribution >= 4 is 17.6 Å². The Kier molecular flexibility index (Phi) is 3.86. The molecular formula is C15H18ClFO2. The molecule has 4 heteroatoms. The Morgan fingerprint density at radius 3 is 2.63 bits per heavy atom. The van der Waals surface area contributed by atoms with Crippen molar-refractivity contribution in [1.82, 2.24) is 0 Å². The summed E-state index contributed by atoms with van der Waals surface area (Å²) in [6.45, 7) is 2.92. The third-order valence-corrected chi connectivity index (χ3v) is 3.94. The second-order valence-corrected chi connectivity index (χ2v) is 6.13. The van der Waals surface area contributed by atoms with Gasteiger partial charge >= 0.3 is 5.97 Å². The lowest BCUT2D eigenvalue weighted by Crippen LogP contribution is -2.18. The number of halogens is 2. The maximum atomic E-state index is 14.4. The molecule has 1 aromatic rings. The molecule has 1 saturated carbocycles. The molecule has 1 fully saturated rings. The molecule has 0 amide bonds. The second-order valence-electron chi connectivity index (χ2n) is 5.72. The van der Waals surface area contributed by atoms with Crippen LogP contribution in [0.5, 0.6) is 0 Å². The number of rotatable bonds is 5. The monoisotopic (exact) mass is 284 g/mol. The molecule has 0 bridgehead atoms. The van der Waals surface area contributed by atoms with Gasteiger partial charge in [0.25, 0.3) is 0 Å². The molecule has 1 aliphatic rings. The summed E-state index contributed by atoms with van der Waals surface area (Å²) in [5, 5.41) is 9.43. The summed E-state index contributed by atoms with van der Waals surface area (Å²) < 4.78 is 14.4. The number of aliphatic carboxylic acids is 1. The topological polar surface area (TPSA) is 37.3 Å². The van der Waals surface area contributed by atoms with Gasteiger partial charge in [0.05, 0.1) is 6.42 Å². The molecule has 104 valence electrons. The molecule has 0 saturated heterocycles.